The number of nitrogens with zero attached hydrogens (tertiary/aromatic N) is 1. The molecule has 2 heteroatoms. The van der Waals surface area contributed by atoms with Gasteiger partial charge in [-0.15, -0.1) is 0 Å². The third kappa shape index (κ3) is 3.10. The molecule has 0 radical (unpaired) electrons. The molecule has 0 saturated heterocycles. The molecule has 2 heterocycles. The van der Waals surface area contributed by atoms with Crippen LogP contribution >= 0.6 is 0 Å². The van der Waals surface area contributed by atoms with Gasteiger partial charge >= 0.3 is 0 Å². The highest BCUT2D eigenvalue weighted by Crippen LogP contribution is 2.31. The summed E-state index contributed by atoms with van der Waals surface area (Å²) in [5.74, 6) is 0.868. The van der Waals surface area contributed by atoms with Crippen molar-refractivity contribution in [2.45, 2.75) is 6.92 Å². The second-order valence-corrected chi connectivity index (χ2v) is 7.03. The average Bonchev–Trinajstić information content (AvgIpc) is 3.18. The lowest BCUT2D eigenvalue weighted by Gasteiger charge is -2.05. The number of pyridine rings is 1. The van der Waals surface area contributed by atoms with Gasteiger partial charge in [0.05, 0.1) is 11.9 Å². The van der Waals surface area contributed by atoms with E-state index in [1.807, 2.05) is 12.3 Å². The standard InChI is InChI=1S/C26H19NO/c1-18-10-12-20(13-11-18)25-16-23-15-24(27-17-26(23)28-25)22-9-5-8-21(14-22)19-6-3-2-4-7-19/h2-17H,1H3. The van der Waals surface area contributed by atoms with Crippen LogP contribution in [0.3, 0.4) is 0 Å². The van der Waals surface area contributed by atoms with Gasteiger partial charge in [-0.25, -0.2) is 0 Å². The minimum atomic E-state index is 0.804. The Morgan fingerprint density at radius 2 is 1.39 bits per heavy atom. The van der Waals surface area contributed by atoms with Crippen molar-refractivity contribution in [3.63, 3.8) is 0 Å². The summed E-state index contributed by atoms with van der Waals surface area (Å²) in [6.07, 6.45) is 1.82. The molecule has 2 nitrogen and oxygen atoms in total. The lowest BCUT2D eigenvalue weighted by molar-refractivity contribution is 0.630. The van der Waals surface area contributed by atoms with Gasteiger partial charge in [0.2, 0.25) is 0 Å². The van der Waals surface area contributed by atoms with E-state index in [1.165, 1.54) is 16.7 Å². The van der Waals surface area contributed by atoms with Crippen LogP contribution in [-0.4, -0.2) is 4.98 Å². The molecule has 0 atom stereocenters. The highest BCUT2D eigenvalue weighted by atomic mass is 16.3. The van der Waals surface area contributed by atoms with Gasteiger partial charge in [-0.1, -0.05) is 78.4 Å². The summed E-state index contributed by atoms with van der Waals surface area (Å²) in [7, 11) is 0. The summed E-state index contributed by atoms with van der Waals surface area (Å²) in [6, 6.07) is 31.5. The molecule has 0 amide bonds. The van der Waals surface area contributed by atoms with Gasteiger partial charge in [0.15, 0.2) is 5.58 Å². The van der Waals surface area contributed by atoms with Crippen molar-refractivity contribution in [1.29, 1.82) is 0 Å². The molecular weight excluding hydrogens is 342 g/mol. The number of rotatable bonds is 3. The Bertz CT molecular complexity index is 1250. The number of hydrogen-bond acceptors (Lipinski definition) is 2. The quantitative estimate of drug-likeness (QED) is 0.341. The first kappa shape index (κ1) is 16.5. The summed E-state index contributed by atoms with van der Waals surface area (Å²) in [5.41, 5.74) is 7.56. The van der Waals surface area contributed by atoms with Gasteiger partial charge < -0.3 is 4.42 Å². The summed E-state index contributed by atoms with van der Waals surface area (Å²) >= 11 is 0. The number of benzene rings is 3. The third-order valence-corrected chi connectivity index (χ3v) is 5.01. The number of hydrogen-bond donors (Lipinski definition) is 0. The van der Waals surface area contributed by atoms with Crippen molar-refractivity contribution in [1.82, 2.24) is 4.98 Å². The third-order valence-electron chi connectivity index (χ3n) is 5.01. The van der Waals surface area contributed by atoms with Gasteiger partial charge in [-0.05, 0) is 36.2 Å². The second kappa shape index (κ2) is 6.82. The van der Waals surface area contributed by atoms with E-state index in [0.717, 1.165) is 33.6 Å². The molecule has 5 aromatic rings. The second-order valence-electron chi connectivity index (χ2n) is 7.03. The van der Waals surface area contributed by atoms with Crippen molar-refractivity contribution >= 4 is 11.0 Å². The van der Waals surface area contributed by atoms with E-state index in [4.69, 9.17) is 4.42 Å². The fourth-order valence-corrected chi connectivity index (χ4v) is 3.45. The SMILES string of the molecule is Cc1ccc(-c2cc3cc(-c4cccc(-c5ccccc5)c4)ncc3o2)cc1. The number of fused-ring (bicyclic) bond motifs is 1. The Balaban J connectivity index is 1.54. The summed E-state index contributed by atoms with van der Waals surface area (Å²) < 4.78 is 6.02. The maximum Gasteiger partial charge on any atom is 0.153 e. The molecule has 0 N–H and O–H groups in total. The fourth-order valence-electron chi connectivity index (χ4n) is 3.45. The zero-order chi connectivity index (χ0) is 18.9. The van der Waals surface area contributed by atoms with Crippen molar-refractivity contribution in [3.8, 4) is 33.7 Å². The number of furan rings is 1. The van der Waals surface area contributed by atoms with Gasteiger partial charge in [0.1, 0.15) is 5.76 Å². The van der Waals surface area contributed by atoms with Crippen LogP contribution in [-0.2, 0) is 0 Å². The summed E-state index contributed by atoms with van der Waals surface area (Å²) in [4.78, 5) is 4.64. The molecule has 2 aromatic heterocycles. The zero-order valence-electron chi connectivity index (χ0n) is 15.6. The molecule has 0 bridgehead atoms. The Morgan fingerprint density at radius 1 is 0.643 bits per heavy atom. The van der Waals surface area contributed by atoms with Crippen LogP contribution in [0.25, 0.3) is 44.7 Å². The minimum Gasteiger partial charge on any atom is -0.454 e. The maximum atomic E-state index is 6.02. The average molecular weight is 361 g/mol. The van der Waals surface area contributed by atoms with Crippen LogP contribution in [0.1, 0.15) is 5.56 Å². The largest absolute Gasteiger partial charge is 0.454 e. The molecule has 0 fully saturated rings. The van der Waals surface area contributed by atoms with Crippen LogP contribution in [0.4, 0.5) is 0 Å². The molecular formula is C26H19NO. The van der Waals surface area contributed by atoms with E-state index in [0.29, 0.717) is 0 Å². The van der Waals surface area contributed by atoms with Crippen LogP contribution in [0, 0.1) is 6.92 Å². The molecule has 28 heavy (non-hydrogen) atoms. The predicted octanol–water partition coefficient (Wildman–Crippen LogP) is 7.14. The molecule has 0 aliphatic heterocycles. The van der Waals surface area contributed by atoms with E-state index in [-0.39, 0.29) is 0 Å². The molecule has 3 aromatic carbocycles. The Labute approximate surface area is 164 Å². The first-order chi connectivity index (χ1) is 13.8. The van der Waals surface area contributed by atoms with E-state index in [2.05, 4.69) is 96.8 Å². The van der Waals surface area contributed by atoms with Crippen molar-refractivity contribution < 1.29 is 4.42 Å². The summed E-state index contributed by atoms with van der Waals surface area (Å²) in [5, 5.41) is 1.06. The zero-order valence-corrected chi connectivity index (χ0v) is 15.6. The van der Waals surface area contributed by atoms with Crippen molar-refractivity contribution in [2.75, 3.05) is 0 Å². The minimum absolute atomic E-state index is 0.804. The van der Waals surface area contributed by atoms with E-state index in [9.17, 15) is 0 Å². The van der Waals surface area contributed by atoms with E-state index >= 15 is 0 Å². The van der Waals surface area contributed by atoms with Crippen LogP contribution < -0.4 is 0 Å². The lowest BCUT2D eigenvalue weighted by Crippen LogP contribution is -1.84. The van der Waals surface area contributed by atoms with Gasteiger partial charge in [0, 0.05) is 16.5 Å². The first-order valence-corrected chi connectivity index (χ1v) is 9.39. The lowest BCUT2D eigenvalue weighted by atomic mass is 10.0. The molecule has 0 aliphatic carbocycles. The molecule has 0 saturated carbocycles. The van der Waals surface area contributed by atoms with E-state index < -0.39 is 0 Å². The van der Waals surface area contributed by atoms with E-state index in [1.54, 1.807) is 0 Å². The first-order valence-electron chi connectivity index (χ1n) is 9.39. The molecule has 0 aliphatic rings. The van der Waals surface area contributed by atoms with Crippen LogP contribution in [0.15, 0.2) is 102 Å². The van der Waals surface area contributed by atoms with Gasteiger partial charge in [0.25, 0.3) is 0 Å². The van der Waals surface area contributed by atoms with Crippen LogP contribution in [0.2, 0.25) is 0 Å². The fraction of sp³-hybridized carbons (Fsp3) is 0.0385. The Morgan fingerprint density at radius 3 is 2.21 bits per heavy atom. The van der Waals surface area contributed by atoms with Gasteiger partial charge in [-0.3, -0.25) is 4.98 Å². The van der Waals surface area contributed by atoms with Crippen LogP contribution in [0.5, 0.6) is 0 Å². The van der Waals surface area contributed by atoms with Gasteiger partial charge in [-0.2, -0.15) is 0 Å². The molecule has 0 unspecified atom stereocenters. The highest BCUT2D eigenvalue weighted by molar-refractivity contribution is 5.86. The van der Waals surface area contributed by atoms with Crippen molar-refractivity contribution in [2.24, 2.45) is 0 Å². The monoisotopic (exact) mass is 361 g/mol. The van der Waals surface area contributed by atoms with Crippen molar-refractivity contribution in [3.05, 3.63) is 103 Å². The Kier molecular flexibility index (Phi) is 4.02. The smallest absolute Gasteiger partial charge is 0.153 e. The molecule has 134 valence electrons. The highest BCUT2D eigenvalue weighted by Gasteiger charge is 2.09. The number of aryl methyl sites for hydroxylation is 1. The Hall–Kier alpha value is -3.65. The normalized spacial score (nSPS) is 11.0. The topological polar surface area (TPSA) is 26.0 Å². The molecule has 5 rings (SSSR count). The predicted molar refractivity (Wildman–Crippen MR) is 115 cm³/mol. The molecule has 0 spiro atoms. The summed E-state index contributed by atoms with van der Waals surface area (Å²) in [6.45, 7) is 2.09. The number of aromatic nitrogens is 1. The maximum absolute atomic E-state index is 6.02.